The maximum Gasteiger partial charge on any atom is 0.305 e. The lowest BCUT2D eigenvalue weighted by molar-refractivity contribution is -0.140. The van der Waals surface area contributed by atoms with Gasteiger partial charge in [-0.15, -0.1) is 0 Å². The molecule has 0 aliphatic heterocycles. The molecular formula is C21H19NO5. The minimum absolute atomic E-state index is 0.115. The van der Waals surface area contributed by atoms with Gasteiger partial charge in [-0.05, 0) is 54.4 Å². The highest BCUT2D eigenvalue weighted by Gasteiger charge is 2.12. The number of hydrogen-bond acceptors (Lipinski definition) is 6. The lowest BCUT2D eigenvalue weighted by Gasteiger charge is -2.13. The SMILES string of the molecule is COC(=O)CCc1ccc(O)cc1Nc1ccc(C(=O)c2ccco2)cc1. The fraction of sp³-hybridized carbons (Fsp3) is 0.143. The normalized spacial score (nSPS) is 10.4. The number of rotatable bonds is 7. The monoisotopic (exact) mass is 365 g/mol. The average molecular weight is 365 g/mol. The van der Waals surface area contributed by atoms with Crippen molar-refractivity contribution < 1.29 is 23.8 Å². The number of furan rings is 1. The molecule has 138 valence electrons. The predicted molar refractivity (Wildman–Crippen MR) is 100 cm³/mol. The Bertz CT molecular complexity index is 930. The maximum atomic E-state index is 12.3. The summed E-state index contributed by atoms with van der Waals surface area (Å²) < 4.78 is 9.80. The Labute approximate surface area is 156 Å². The quantitative estimate of drug-likeness (QED) is 0.485. The summed E-state index contributed by atoms with van der Waals surface area (Å²) in [6, 6.07) is 15.1. The average Bonchev–Trinajstić information content (AvgIpc) is 3.22. The number of ketones is 1. The lowest BCUT2D eigenvalue weighted by Crippen LogP contribution is -2.04. The number of benzene rings is 2. The molecule has 1 aromatic heterocycles. The molecule has 0 spiro atoms. The largest absolute Gasteiger partial charge is 0.508 e. The molecule has 27 heavy (non-hydrogen) atoms. The van der Waals surface area contributed by atoms with E-state index in [2.05, 4.69) is 10.1 Å². The van der Waals surface area contributed by atoms with E-state index in [0.717, 1.165) is 11.3 Å². The van der Waals surface area contributed by atoms with Gasteiger partial charge < -0.3 is 19.6 Å². The minimum Gasteiger partial charge on any atom is -0.508 e. The van der Waals surface area contributed by atoms with E-state index < -0.39 is 0 Å². The van der Waals surface area contributed by atoms with Crippen molar-refractivity contribution in [3.63, 3.8) is 0 Å². The predicted octanol–water partition coefficient (Wildman–Crippen LogP) is 4.07. The van der Waals surface area contributed by atoms with Crippen molar-refractivity contribution in [3.05, 3.63) is 77.7 Å². The van der Waals surface area contributed by atoms with Crippen molar-refractivity contribution in [2.45, 2.75) is 12.8 Å². The van der Waals surface area contributed by atoms with Crippen LogP contribution in [0.25, 0.3) is 0 Å². The van der Waals surface area contributed by atoms with Crippen LogP contribution in [0.4, 0.5) is 11.4 Å². The van der Waals surface area contributed by atoms with Gasteiger partial charge in [0.05, 0.1) is 13.4 Å². The Morgan fingerprint density at radius 1 is 1.11 bits per heavy atom. The van der Waals surface area contributed by atoms with Crippen molar-refractivity contribution in [2.75, 3.05) is 12.4 Å². The van der Waals surface area contributed by atoms with Gasteiger partial charge in [0.1, 0.15) is 5.75 Å². The summed E-state index contributed by atoms with van der Waals surface area (Å²) in [5.74, 6) is -0.0878. The zero-order chi connectivity index (χ0) is 19.2. The molecule has 0 atom stereocenters. The van der Waals surface area contributed by atoms with E-state index in [4.69, 9.17) is 4.42 Å². The molecule has 3 aromatic rings. The molecule has 3 rings (SSSR count). The van der Waals surface area contributed by atoms with Crippen LogP contribution in [0.5, 0.6) is 5.75 Å². The molecule has 0 fully saturated rings. The second kappa shape index (κ2) is 8.23. The number of aromatic hydroxyl groups is 1. The Balaban J connectivity index is 1.75. The zero-order valence-electron chi connectivity index (χ0n) is 14.8. The Morgan fingerprint density at radius 2 is 1.89 bits per heavy atom. The lowest BCUT2D eigenvalue weighted by atomic mass is 10.1. The first-order valence-corrected chi connectivity index (χ1v) is 8.41. The van der Waals surface area contributed by atoms with Crippen molar-refractivity contribution in [1.82, 2.24) is 0 Å². The smallest absolute Gasteiger partial charge is 0.305 e. The number of esters is 1. The summed E-state index contributed by atoms with van der Waals surface area (Å²) in [7, 11) is 1.35. The molecule has 0 bridgehead atoms. The molecule has 0 amide bonds. The van der Waals surface area contributed by atoms with Gasteiger partial charge in [0, 0.05) is 29.4 Å². The molecule has 0 aliphatic carbocycles. The van der Waals surface area contributed by atoms with Gasteiger partial charge in [-0.1, -0.05) is 6.07 Å². The molecule has 1 heterocycles. The topological polar surface area (TPSA) is 88.8 Å². The molecule has 6 heteroatoms. The third-order valence-electron chi connectivity index (χ3n) is 4.09. The number of ether oxygens (including phenoxy) is 1. The van der Waals surface area contributed by atoms with E-state index in [-0.39, 0.29) is 29.7 Å². The number of methoxy groups -OCH3 is 1. The van der Waals surface area contributed by atoms with Crippen LogP contribution < -0.4 is 5.32 Å². The summed E-state index contributed by atoms with van der Waals surface area (Å²) in [5.41, 5.74) is 2.81. The van der Waals surface area contributed by atoms with Crippen LogP contribution >= 0.6 is 0 Å². The van der Waals surface area contributed by atoms with E-state index >= 15 is 0 Å². The number of phenolic OH excluding ortho intramolecular Hbond substituents is 1. The first-order valence-electron chi connectivity index (χ1n) is 8.41. The van der Waals surface area contributed by atoms with Gasteiger partial charge in [-0.2, -0.15) is 0 Å². The van der Waals surface area contributed by atoms with E-state index in [1.165, 1.54) is 13.4 Å². The van der Waals surface area contributed by atoms with Crippen molar-refractivity contribution in [2.24, 2.45) is 0 Å². The summed E-state index contributed by atoms with van der Waals surface area (Å²) in [4.78, 5) is 23.7. The number of aryl methyl sites for hydroxylation is 1. The van der Waals surface area contributed by atoms with Crippen LogP contribution in [0.3, 0.4) is 0 Å². The number of carbonyl (C=O) groups is 2. The minimum atomic E-state index is -0.296. The first kappa shape index (κ1) is 18.3. The van der Waals surface area contributed by atoms with E-state index in [1.54, 1.807) is 54.6 Å². The molecule has 0 saturated carbocycles. The molecule has 0 saturated heterocycles. The van der Waals surface area contributed by atoms with Crippen LogP contribution in [-0.4, -0.2) is 24.0 Å². The Morgan fingerprint density at radius 3 is 2.56 bits per heavy atom. The Kier molecular flexibility index (Phi) is 5.56. The van der Waals surface area contributed by atoms with E-state index in [9.17, 15) is 14.7 Å². The second-order valence-electron chi connectivity index (χ2n) is 5.93. The highest BCUT2D eigenvalue weighted by Crippen LogP contribution is 2.27. The first-order chi connectivity index (χ1) is 13.1. The number of nitrogens with one attached hydrogen (secondary N) is 1. The number of anilines is 2. The van der Waals surface area contributed by atoms with Gasteiger partial charge in [0.15, 0.2) is 5.76 Å². The summed E-state index contributed by atoms with van der Waals surface area (Å²) >= 11 is 0. The number of phenols is 1. The van der Waals surface area contributed by atoms with Crippen LogP contribution in [-0.2, 0) is 16.0 Å². The van der Waals surface area contributed by atoms with Crippen molar-refractivity contribution >= 4 is 23.1 Å². The fourth-order valence-electron chi connectivity index (χ4n) is 2.65. The molecular weight excluding hydrogens is 346 g/mol. The van der Waals surface area contributed by atoms with Crippen LogP contribution in [0, 0.1) is 0 Å². The summed E-state index contributed by atoms with van der Waals surface area (Å²) in [6.45, 7) is 0. The van der Waals surface area contributed by atoms with Crippen LogP contribution in [0.1, 0.15) is 28.1 Å². The van der Waals surface area contributed by atoms with Crippen LogP contribution in [0.15, 0.2) is 65.3 Å². The number of carbonyl (C=O) groups excluding carboxylic acids is 2. The highest BCUT2D eigenvalue weighted by atomic mass is 16.5. The standard InChI is InChI=1S/C21H19NO5/c1-26-20(24)11-7-14-6-10-17(23)13-18(14)22-16-8-4-15(5-9-16)21(25)19-3-2-12-27-19/h2-6,8-10,12-13,22-23H,7,11H2,1H3. The van der Waals surface area contributed by atoms with Crippen molar-refractivity contribution in [1.29, 1.82) is 0 Å². The van der Waals surface area contributed by atoms with Gasteiger partial charge in [-0.3, -0.25) is 9.59 Å². The second-order valence-corrected chi connectivity index (χ2v) is 5.93. The summed E-state index contributed by atoms with van der Waals surface area (Å²) in [5, 5.41) is 13.0. The molecule has 0 unspecified atom stereocenters. The molecule has 6 nitrogen and oxygen atoms in total. The maximum absolute atomic E-state index is 12.3. The molecule has 0 aliphatic rings. The van der Waals surface area contributed by atoms with E-state index in [0.29, 0.717) is 17.7 Å². The van der Waals surface area contributed by atoms with Crippen molar-refractivity contribution in [3.8, 4) is 5.75 Å². The summed E-state index contributed by atoms with van der Waals surface area (Å²) in [6.07, 6.45) is 2.18. The number of hydrogen-bond donors (Lipinski definition) is 2. The third kappa shape index (κ3) is 4.55. The van der Waals surface area contributed by atoms with E-state index in [1.807, 2.05) is 0 Å². The Hall–Kier alpha value is -3.54. The van der Waals surface area contributed by atoms with Gasteiger partial charge in [0.2, 0.25) is 5.78 Å². The van der Waals surface area contributed by atoms with Gasteiger partial charge >= 0.3 is 5.97 Å². The third-order valence-corrected chi connectivity index (χ3v) is 4.09. The fourth-order valence-corrected chi connectivity index (χ4v) is 2.65. The highest BCUT2D eigenvalue weighted by molar-refractivity contribution is 6.07. The molecule has 0 radical (unpaired) electrons. The van der Waals surface area contributed by atoms with Crippen LogP contribution in [0.2, 0.25) is 0 Å². The molecule has 2 aromatic carbocycles. The van der Waals surface area contributed by atoms with Gasteiger partial charge in [-0.25, -0.2) is 0 Å². The van der Waals surface area contributed by atoms with Gasteiger partial charge in [0.25, 0.3) is 0 Å². The zero-order valence-corrected chi connectivity index (χ0v) is 14.8. The molecule has 2 N–H and O–H groups in total.